The molecule has 0 spiro atoms. The predicted molar refractivity (Wildman–Crippen MR) is 247 cm³/mol. The molecule has 0 saturated carbocycles. The van der Waals surface area contributed by atoms with E-state index in [0.29, 0.717) is 70.2 Å². The average Bonchev–Trinajstić information content (AvgIpc) is 4.18. The van der Waals surface area contributed by atoms with Gasteiger partial charge < -0.3 is 44.6 Å². The number of halogens is 1. The summed E-state index contributed by atoms with van der Waals surface area (Å²) in [6.07, 6.45) is 11.5. The number of amides is 4. The summed E-state index contributed by atoms with van der Waals surface area (Å²) in [6.45, 7) is 8.49. The van der Waals surface area contributed by atoms with Gasteiger partial charge in [-0.25, -0.2) is 28.9 Å². The van der Waals surface area contributed by atoms with Gasteiger partial charge in [0.25, 0.3) is 0 Å². The molecule has 4 aromatic heterocycles. The third-order valence-corrected chi connectivity index (χ3v) is 13.8. The summed E-state index contributed by atoms with van der Waals surface area (Å²) in [5, 5.41) is 6.75. The van der Waals surface area contributed by atoms with Crippen molar-refractivity contribution in [1.29, 1.82) is 0 Å². The zero-order valence-corrected chi connectivity index (χ0v) is 38.7. The number of aromatic amines is 2. The molecule has 9 rings (SSSR count). The molecule has 5 atom stereocenters. The van der Waals surface area contributed by atoms with Crippen LogP contribution in [0.15, 0.2) is 55.0 Å². The summed E-state index contributed by atoms with van der Waals surface area (Å²) in [4.78, 5) is 76.7. The number of fused-ring (bicyclic) bond motifs is 5. The molecule has 6 aromatic rings. The largest absolute Gasteiger partial charge is 0.462 e. The van der Waals surface area contributed by atoms with E-state index in [1.165, 1.54) is 31.6 Å². The van der Waals surface area contributed by atoms with E-state index in [4.69, 9.17) is 25.6 Å². The van der Waals surface area contributed by atoms with Crippen molar-refractivity contribution in [2.45, 2.75) is 83.8 Å². The molecular formula is C48H51FN10O7S. The Morgan fingerprint density at radius 2 is 1.40 bits per heavy atom. The fourth-order valence-corrected chi connectivity index (χ4v) is 10.2. The number of rotatable bonds is 11. The van der Waals surface area contributed by atoms with Crippen molar-refractivity contribution in [3.05, 3.63) is 82.3 Å². The van der Waals surface area contributed by atoms with Crippen molar-refractivity contribution < 1.29 is 37.8 Å². The van der Waals surface area contributed by atoms with E-state index in [0.717, 1.165) is 35.0 Å². The maximum Gasteiger partial charge on any atom is 0.407 e. The highest BCUT2D eigenvalue weighted by Gasteiger charge is 2.40. The number of likely N-dealkylation sites (tertiary alicyclic amines) is 2. The molecule has 7 heterocycles. The van der Waals surface area contributed by atoms with Crippen LogP contribution in [0, 0.1) is 30.0 Å². The Labute approximate surface area is 389 Å². The van der Waals surface area contributed by atoms with Gasteiger partial charge in [0.15, 0.2) is 5.01 Å². The minimum atomic E-state index is -0.788. The van der Waals surface area contributed by atoms with E-state index < -0.39 is 36.3 Å². The second-order valence-electron chi connectivity index (χ2n) is 17.6. The standard InChI is InChI=1S/C48H51FN10O7S/c1-8-29-21-52-43(67-29)46-59-33-14-13-26(31-22-50-41(53-31)34-11-9-15-57(34)44(60)39(24(2)3)55-47(62)64-6)17-28(33)19-36(59)38-30(49)18-27(20-37(38)66-46)32-23-51-42(54-32)35-12-10-16-58(35)45(61)40(25(4)5)56-48(63)65-7/h1,13-14,17-25,34-35,39-40,46H,9-12,15-16H2,2-7H3,(H,50,53)(H,51,54)(H,55,62)(H,56,63)/t34-,35-,39-,40-,46?/m0/s1. The van der Waals surface area contributed by atoms with Crippen LogP contribution in [-0.2, 0) is 19.1 Å². The second kappa shape index (κ2) is 18.2. The summed E-state index contributed by atoms with van der Waals surface area (Å²) >= 11 is 1.31. The smallest absolute Gasteiger partial charge is 0.407 e. The number of methoxy groups -OCH3 is 2. The van der Waals surface area contributed by atoms with Crippen molar-refractivity contribution in [3.63, 3.8) is 0 Å². The number of nitrogens with one attached hydrogen (secondary N) is 4. The highest BCUT2D eigenvalue weighted by atomic mass is 32.1. The third-order valence-electron chi connectivity index (χ3n) is 12.8. The molecule has 2 aromatic carbocycles. The van der Waals surface area contributed by atoms with Crippen LogP contribution in [0.3, 0.4) is 0 Å². The second-order valence-corrected chi connectivity index (χ2v) is 18.7. The molecule has 2 fully saturated rings. The first-order valence-electron chi connectivity index (χ1n) is 22.3. The predicted octanol–water partition coefficient (Wildman–Crippen LogP) is 7.69. The van der Waals surface area contributed by atoms with Gasteiger partial charge in [0.05, 0.1) is 77.9 Å². The maximum absolute atomic E-state index is 16.8. The lowest BCUT2D eigenvalue weighted by Gasteiger charge is -2.30. The van der Waals surface area contributed by atoms with Gasteiger partial charge in [0.2, 0.25) is 18.0 Å². The topological polar surface area (TPSA) is 202 Å². The van der Waals surface area contributed by atoms with Crippen LogP contribution in [0.4, 0.5) is 14.0 Å². The number of carbonyl (C=O) groups excluding carboxylic acids is 4. The third kappa shape index (κ3) is 8.34. The molecule has 348 valence electrons. The molecule has 1 unspecified atom stereocenters. The van der Waals surface area contributed by atoms with Crippen molar-refractivity contribution in [3.8, 4) is 51.9 Å². The number of alkyl carbamates (subject to hydrolysis) is 2. The number of nitrogens with zero attached hydrogens (tertiary/aromatic N) is 6. The molecule has 17 nitrogen and oxygen atoms in total. The lowest BCUT2D eigenvalue weighted by Crippen LogP contribution is -2.51. The highest BCUT2D eigenvalue weighted by molar-refractivity contribution is 7.12. The normalized spacial score (nSPS) is 18.6. The quantitative estimate of drug-likeness (QED) is 0.0934. The number of imidazole rings is 2. The van der Waals surface area contributed by atoms with E-state index in [2.05, 4.69) is 36.5 Å². The van der Waals surface area contributed by atoms with Crippen LogP contribution in [-0.4, -0.2) is 103 Å². The zero-order chi connectivity index (χ0) is 47.3. The van der Waals surface area contributed by atoms with Crippen molar-refractivity contribution in [1.82, 2.24) is 49.9 Å². The van der Waals surface area contributed by atoms with Gasteiger partial charge in [-0.2, -0.15) is 0 Å². The first kappa shape index (κ1) is 45.0. The summed E-state index contributed by atoms with van der Waals surface area (Å²) in [6, 6.07) is 8.82. The van der Waals surface area contributed by atoms with Crippen LogP contribution in [0.25, 0.3) is 44.7 Å². The maximum atomic E-state index is 16.8. The number of ether oxygens (including phenoxy) is 3. The van der Waals surface area contributed by atoms with E-state index in [1.807, 2.05) is 56.5 Å². The van der Waals surface area contributed by atoms with Gasteiger partial charge in [0.1, 0.15) is 35.3 Å². The van der Waals surface area contributed by atoms with E-state index in [-0.39, 0.29) is 41.3 Å². The minimum absolute atomic E-state index is 0.163. The van der Waals surface area contributed by atoms with Crippen LogP contribution in [0.5, 0.6) is 5.75 Å². The molecule has 2 saturated heterocycles. The molecule has 4 N–H and O–H groups in total. The number of hydrogen-bond acceptors (Lipinski definition) is 11. The van der Waals surface area contributed by atoms with Gasteiger partial charge in [-0.05, 0) is 67.9 Å². The molecule has 4 amide bonds. The minimum Gasteiger partial charge on any atom is -0.462 e. The first-order chi connectivity index (χ1) is 32.3. The van der Waals surface area contributed by atoms with E-state index >= 15 is 4.39 Å². The molecule has 0 radical (unpaired) electrons. The highest BCUT2D eigenvalue weighted by Crippen LogP contribution is 2.48. The molecular weight excluding hydrogens is 880 g/mol. The van der Waals surface area contributed by atoms with Gasteiger partial charge >= 0.3 is 12.2 Å². The number of H-pyrrole nitrogens is 2. The van der Waals surface area contributed by atoms with Crippen molar-refractivity contribution in [2.75, 3.05) is 27.3 Å². The first-order valence-corrected chi connectivity index (χ1v) is 23.1. The Morgan fingerprint density at radius 3 is 1.94 bits per heavy atom. The van der Waals surface area contributed by atoms with Crippen LogP contribution in [0.2, 0.25) is 0 Å². The number of aromatic nitrogens is 6. The Hall–Kier alpha value is -7.20. The monoisotopic (exact) mass is 930 g/mol. The van der Waals surface area contributed by atoms with Crippen molar-refractivity contribution >= 4 is 46.2 Å². The number of carbonyl (C=O) groups is 4. The fourth-order valence-electron chi connectivity index (χ4n) is 9.42. The Bertz CT molecular complexity index is 2930. The summed E-state index contributed by atoms with van der Waals surface area (Å²) in [5.74, 6) is 2.84. The summed E-state index contributed by atoms with van der Waals surface area (Å²) < 4.78 is 35.0. The Balaban J connectivity index is 1.03. The lowest BCUT2D eigenvalue weighted by molar-refractivity contribution is -0.136. The molecule has 19 heteroatoms. The lowest BCUT2D eigenvalue weighted by atomic mass is 10.0. The average molecular weight is 931 g/mol. The Kier molecular flexibility index (Phi) is 12.2. The number of terminal acetylenes is 1. The SMILES string of the molecule is C#Cc1cnc(C2Oc3cc(-c4cnc([C@@H]5CCCN5C(=O)[C@@H](NC(=O)OC)C(C)C)[nH]4)cc(F)c3-c3cc4cc(-c5cnc([C@@H]6CCCN6C(=O)[C@@H](NC(=O)OC)C(C)C)[nH]5)ccc4n32)s1. The number of hydrogen-bond donors (Lipinski definition) is 4. The molecule has 3 aliphatic rings. The molecule has 67 heavy (non-hydrogen) atoms. The van der Waals surface area contributed by atoms with E-state index in [1.54, 1.807) is 34.5 Å². The molecule has 3 aliphatic heterocycles. The summed E-state index contributed by atoms with van der Waals surface area (Å²) in [5.41, 5.74) is 4.21. The van der Waals surface area contributed by atoms with E-state index in [9.17, 15) is 19.2 Å². The van der Waals surface area contributed by atoms with Gasteiger partial charge in [-0.3, -0.25) is 14.2 Å². The van der Waals surface area contributed by atoms with Gasteiger partial charge in [-0.1, -0.05) is 39.7 Å². The Morgan fingerprint density at radius 1 is 0.821 bits per heavy atom. The molecule has 0 bridgehead atoms. The summed E-state index contributed by atoms with van der Waals surface area (Å²) in [7, 11) is 2.53. The number of benzene rings is 2. The van der Waals surface area contributed by atoms with Crippen LogP contribution in [0.1, 0.15) is 93.2 Å². The zero-order valence-electron chi connectivity index (χ0n) is 37.9. The van der Waals surface area contributed by atoms with Crippen molar-refractivity contribution in [2.24, 2.45) is 11.8 Å². The molecule has 0 aliphatic carbocycles. The fraction of sp³-hybridized carbons (Fsp3) is 0.396. The van der Waals surface area contributed by atoms with Crippen LogP contribution >= 0.6 is 11.3 Å². The number of thiazole rings is 1. The van der Waals surface area contributed by atoms with Gasteiger partial charge in [-0.15, -0.1) is 17.8 Å². The van der Waals surface area contributed by atoms with Crippen LogP contribution < -0.4 is 15.4 Å². The van der Waals surface area contributed by atoms with Gasteiger partial charge in [0, 0.05) is 29.6 Å².